The molecule has 1 aromatic carbocycles. The predicted molar refractivity (Wildman–Crippen MR) is 97.8 cm³/mol. The Morgan fingerprint density at radius 3 is 2.46 bits per heavy atom. The molecule has 0 aliphatic carbocycles. The summed E-state index contributed by atoms with van der Waals surface area (Å²) < 4.78 is 4.97. The number of carbonyl (C=O) groups excluding carboxylic acids is 2. The minimum Gasteiger partial charge on any atom is -0.450 e. The zero-order valence-electron chi connectivity index (χ0n) is 13.5. The molecule has 1 aliphatic heterocycles. The van der Waals surface area contributed by atoms with Gasteiger partial charge in [-0.15, -0.1) is 11.8 Å². The molecular formula is C16H20Cl2N2O3S. The molecule has 0 atom stereocenters. The zero-order chi connectivity index (χ0) is 17.5. The van der Waals surface area contributed by atoms with E-state index in [1.807, 2.05) is 6.07 Å². The molecule has 24 heavy (non-hydrogen) atoms. The SMILES string of the molecule is CCOC(=O)N1CCN(C(=O)CSCc2ccc(Cl)cc2Cl)CC1. The van der Waals surface area contributed by atoms with Gasteiger partial charge in [0, 0.05) is 42.0 Å². The van der Waals surface area contributed by atoms with Crippen molar-refractivity contribution in [3.05, 3.63) is 33.8 Å². The molecule has 0 N–H and O–H groups in total. The van der Waals surface area contributed by atoms with E-state index in [4.69, 9.17) is 27.9 Å². The fourth-order valence-electron chi connectivity index (χ4n) is 2.33. The highest BCUT2D eigenvalue weighted by atomic mass is 35.5. The number of nitrogens with zero attached hydrogens (tertiary/aromatic N) is 2. The molecule has 0 radical (unpaired) electrons. The number of hydrogen-bond donors (Lipinski definition) is 0. The van der Waals surface area contributed by atoms with Crippen molar-refractivity contribution in [3.63, 3.8) is 0 Å². The van der Waals surface area contributed by atoms with Crippen LogP contribution in [0.5, 0.6) is 0 Å². The summed E-state index contributed by atoms with van der Waals surface area (Å²) in [5.41, 5.74) is 0.964. The lowest BCUT2D eigenvalue weighted by Crippen LogP contribution is -2.51. The molecule has 0 aromatic heterocycles. The number of piperazine rings is 1. The van der Waals surface area contributed by atoms with Crippen LogP contribution >= 0.6 is 35.0 Å². The summed E-state index contributed by atoms with van der Waals surface area (Å²) in [5.74, 6) is 1.12. The number of thioether (sulfide) groups is 1. The van der Waals surface area contributed by atoms with Crippen molar-refractivity contribution in [1.29, 1.82) is 0 Å². The lowest BCUT2D eigenvalue weighted by Gasteiger charge is -2.34. The molecule has 1 aromatic rings. The summed E-state index contributed by atoms with van der Waals surface area (Å²) >= 11 is 13.5. The average Bonchev–Trinajstić information content (AvgIpc) is 2.57. The molecule has 0 saturated carbocycles. The minimum atomic E-state index is -0.309. The molecule has 1 heterocycles. The Labute approximate surface area is 156 Å². The molecule has 0 unspecified atom stereocenters. The minimum absolute atomic E-state index is 0.0774. The molecule has 1 aliphatic rings. The molecular weight excluding hydrogens is 371 g/mol. The van der Waals surface area contributed by atoms with Gasteiger partial charge in [-0.1, -0.05) is 29.3 Å². The molecule has 8 heteroatoms. The van der Waals surface area contributed by atoms with E-state index in [1.54, 1.807) is 28.9 Å². The van der Waals surface area contributed by atoms with Crippen LogP contribution in [-0.2, 0) is 15.3 Å². The van der Waals surface area contributed by atoms with E-state index in [-0.39, 0.29) is 12.0 Å². The standard InChI is InChI=1S/C16H20Cl2N2O3S/c1-2-23-16(22)20-7-5-19(6-8-20)15(21)11-24-10-12-3-4-13(17)9-14(12)18/h3-4,9H,2,5-8,10-11H2,1H3. The van der Waals surface area contributed by atoms with Gasteiger partial charge in [0.05, 0.1) is 12.4 Å². The van der Waals surface area contributed by atoms with E-state index in [1.165, 1.54) is 11.8 Å². The molecule has 0 spiro atoms. The fraction of sp³-hybridized carbons (Fsp3) is 0.500. The lowest BCUT2D eigenvalue weighted by atomic mass is 10.2. The summed E-state index contributed by atoms with van der Waals surface area (Å²) in [7, 11) is 0. The Balaban J connectivity index is 1.73. The van der Waals surface area contributed by atoms with Crippen molar-refractivity contribution in [2.45, 2.75) is 12.7 Å². The van der Waals surface area contributed by atoms with Crippen LogP contribution in [0.1, 0.15) is 12.5 Å². The lowest BCUT2D eigenvalue weighted by molar-refractivity contribution is -0.129. The van der Waals surface area contributed by atoms with Gasteiger partial charge in [0.2, 0.25) is 5.91 Å². The zero-order valence-corrected chi connectivity index (χ0v) is 15.8. The molecule has 2 amide bonds. The number of ether oxygens (including phenoxy) is 1. The van der Waals surface area contributed by atoms with Gasteiger partial charge >= 0.3 is 6.09 Å². The van der Waals surface area contributed by atoms with E-state index < -0.39 is 0 Å². The third-order valence-corrected chi connectivity index (χ3v) is 5.21. The Morgan fingerprint density at radius 1 is 1.17 bits per heavy atom. The number of halogens is 2. The second kappa shape index (κ2) is 9.39. The van der Waals surface area contributed by atoms with Gasteiger partial charge in [0.15, 0.2) is 0 Å². The fourth-order valence-corrected chi connectivity index (χ4v) is 3.82. The number of amides is 2. The number of benzene rings is 1. The molecule has 2 rings (SSSR count). The van der Waals surface area contributed by atoms with Crippen molar-refractivity contribution in [3.8, 4) is 0 Å². The molecule has 1 saturated heterocycles. The van der Waals surface area contributed by atoms with Gasteiger partial charge in [-0.3, -0.25) is 4.79 Å². The van der Waals surface area contributed by atoms with Crippen molar-refractivity contribution in [1.82, 2.24) is 9.80 Å². The van der Waals surface area contributed by atoms with Crippen LogP contribution in [0.3, 0.4) is 0 Å². The average molecular weight is 391 g/mol. The Morgan fingerprint density at radius 2 is 1.83 bits per heavy atom. The molecule has 0 bridgehead atoms. The number of rotatable bonds is 5. The van der Waals surface area contributed by atoms with E-state index in [0.29, 0.717) is 54.3 Å². The highest BCUT2D eigenvalue weighted by Crippen LogP contribution is 2.24. The smallest absolute Gasteiger partial charge is 0.409 e. The Hall–Kier alpha value is -1.11. The maximum atomic E-state index is 12.2. The summed E-state index contributed by atoms with van der Waals surface area (Å²) in [5, 5.41) is 1.22. The van der Waals surface area contributed by atoms with Crippen LogP contribution in [-0.4, -0.2) is 60.3 Å². The van der Waals surface area contributed by atoms with Crippen molar-refractivity contribution in [2.75, 3.05) is 38.5 Å². The van der Waals surface area contributed by atoms with Gasteiger partial charge in [-0.05, 0) is 24.6 Å². The van der Waals surface area contributed by atoms with Crippen LogP contribution in [0, 0.1) is 0 Å². The van der Waals surface area contributed by atoms with Crippen LogP contribution in [0.4, 0.5) is 4.79 Å². The van der Waals surface area contributed by atoms with Crippen LogP contribution in [0.15, 0.2) is 18.2 Å². The maximum absolute atomic E-state index is 12.2. The van der Waals surface area contributed by atoms with Crippen LogP contribution < -0.4 is 0 Å². The predicted octanol–water partition coefficient (Wildman–Crippen LogP) is 3.53. The van der Waals surface area contributed by atoms with E-state index >= 15 is 0 Å². The first-order valence-corrected chi connectivity index (χ1v) is 9.63. The molecule has 132 valence electrons. The first-order chi connectivity index (χ1) is 11.5. The van der Waals surface area contributed by atoms with Gasteiger partial charge < -0.3 is 14.5 Å². The number of carbonyl (C=O) groups is 2. The van der Waals surface area contributed by atoms with E-state index in [9.17, 15) is 9.59 Å². The second-order valence-electron chi connectivity index (χ2n) is 5.30. The summed E-state index contributed by atoms with van der Waals surface area (Å²) in [6.45, 7) is 4.25. The van der Waals surface area contributed by atoms with Crippen molar-refractivity contribution < 1.29 is 14.3 Å². The largest absolute Gasteiger partial charge is 0.450 e. The van der Waals surface area contributed by atoms with Gasteiger partial charge in [0.1, 0.15) is 0 Å². The topological polar surface area (TPSA) is 49.9 Å². The first-order valence-electron chi connectivity index (χ1n) is 7.72. The normalized spacial score (nSPS) is 14.6. The summed E-state index contributed by atoms with van der Waals surface area (Å²) in [6.07, 6.45) is -0.309. The second-order valence-corrected chi connectivity index (χ2v) is 7.12. The van der Waals surface area contributed by atoms with Gasteiger partial charge in [-0.25, -0.2) is 4.79 Å². The van der Waals surface area contributed by atoms with Crippen molar-refractivity contribution >= 4 is 47.0 Å². The maximum Gasteiger partial charge on any atom is 0.409 e. The molecule has 5 nitrogen and oxygen atoms in total. The van der Waals surface area contributed by atoms with Gasteiger partial charge in [-0.2, -0.15) is 0 Å². The van der Waals surface area contributed by atoms with Crippen LogP contribution in [0.25, 0.3) is 0 Å². The third kappa shape index (κ3) is 5.46. The third-order valence-electron chi connectivity index (χ3n) is 3.66. The Bertz CT molecular complexity index is 593. The van der Waals surface area contributed by atoms with Crippen LogP contribution in [0.2, 0.25) is 10.0 Å². The molecule has 1 fully saturated rings. The van der Waals surface area contributed by atoms with Crippen molar-refractivity contribution in [2.24, 2.45) is 0 Å². The first kappa shape index (κ1) is 19.2. The van der Waals surface area contributed by atoms with Gasteiger partial charge in [0.25, 0.3) is 0 Å². The van der Waals surface area contributed by atoms with E-state index in [2.05, 4.69) is 0 Å². The Kier molecular flexibility index (Phi) is 7.52. The van der Waals surface area contributed by atoms with E-state index in [0.717, 1.165) is 5.56 Å². The number of hydrogen-bond acceptors (Lipinski definition) is 4. The monoisotopic (exact) mass is 390 g/mol. The quantitative estimate of drug-likeness (QED) is 0.771. The highest BCUT2D eigenvalue weighted by molar-refractivity contribution is 7.99. The summed E-state index contributed by atoms with van der Waals surface area (Å²) in [6, 6.07) is 5.37. The summed E-state index contributed by atoms with van der Waals surface area (Å²) in [4.78, 5) is 27.3. The highest BCUT2D eigenvalue weighted by Gasteiger charge is 2.24.